The number of nitrogens with one attached hydrogen (secondary N) is 1. The lowest BCUT2D eigenvalue weighted by atomic mass is 9.97. The first kappa shape index (κ1) is 21.9. The summed E-state index contributed by atoms with van der Waals surface area (Å²) in [6.45, 7) is 7.50. The van der Waals surface area contributed by atoms with Gasteiger partial charge in [0, 0.05) is 16.3 Å². The Morgan fingerprint density at radius 1 is 1.08 bits per heavy atom. The van der Waals surface area contributed by atoms with Crippen molar-refractivity contribution >= 4 is 16.5 Å². The summed E-state index contributed by atoms with van der Waals surface area (Å²) in [6.07, 6.45) is 10.9. The number of thiazole rings is 1. The van der Waals surface area contributed by atoms with Crippen molar-refractivity contribution in [2.45, 2.75) is 90.9 Å². The van der Waals surface area contributed by atoms with E-state index in [0.29, 0.717) is 0 Å². The highest BCUT2D eigenvalue weighted by atomic mass is 32.1. The lowest BCUT2D eigenvalue weighted by molar-refractivity contribution is -0.483. The molecule has 0 aromatic carbocycles. The van der Waals surface area contributed by atoms with Gasteiger partial charge in [-0.15, -0.1) is 11.3 Å². The van der Waals surface area contributed by atoms with Gasteiger partial charge < -0.3 is 5.32 Å². The standard InChI is InChI=1S/C19H35N3O2S/c1-4-7-10-12-16(15-22(23)24)18-17(13-9-6-3)21-19(25-18)20-14-11-8-5-2/h16H,4-15H2,1-3H3,(H,20,21). The van der Waals surface area contributed by atoms with Gasteiger partial charge >= 0.3 is 0 Å². The van der Waals surface area contributed by atoms with E-state index < -0.39 is 0 Å². The molecule has 1 atom stereocenters. The minimum absolute atomic E-state index is 0.0112. The minimum Gasteiger partial charge on any atom is -0.362 e. The summed E-state index contributed by atoms with van der Waals surface area (Å²) in [6, 6.07) is 0. The smallest absolute Gasteiger partial charge is 0.211 e. The SMILES string of the molecule is CCCCCNc1nc(CCCC)c(C(CCCCC)C[N+](=O)[O-])s1. The summed E-state index contributed by atoms with van der Waals surface area (Å²) < 4.78 is 0. The molecule has 0 aliphatic rings. The van der Waals surface area contributed by atoms with Gasteiger partial charge in [0.05, 0.1) is 11.6 Å². The Hall–Kier alpha value is -1.17. The number of hydrogen-bond donors (Lipinski definition) is 1. The number of aryl methyl sites for hydroxylation is 1. The summed E-state index contributed by atoms with van der Waals surface area (Å²) in [5.74, 6) is 0.0112. The normalized spacial score (nSPS) is 12.3. The zero-order chi connectivity index (χ0) is 18.5. The van der Waals surface area contributed by atoms with Gasteiger partial charge in [-0.3, -0.25) is 10.1 Å². The highest BCUT2D eigenvalue weighted by Gasteiger charge is 2.24. The van der Waals surface area contributed by atoms with E-state index in [1.165, 1.54) is 12.8 Å². The van der Waals surface area contributed by atoms with Crippen LogP contribution in [0.4, 0.5) is 5.13 Å². The molecule has 0 saturated heterocycles. The summed E-state index contributed by atoms with van der Waals surface area (Å²) >= 11 is 1.65. The first-order valence-corrected chi connectivity index (χ1v) is 10.8. The number of nitrogens with zero attached hydrogens (tertiary/aromatic N) is 2. The Morgan fingerprint density at radius 3 is 2.40 bits per heavy atom. The topological polar surface area (TPSA) is 68.1 Å². The molecule has 0 amide bonds. The van der Waals surface area contributed by atoms with Crippen molar-refractivity contribution in [3.8, 4) is 0 Å². The molecular formula is C19H35N3O2S. The fourth-order valence-corrected chi connectivity index (χ4v) is 4.14. The van der Waals surface area contributed by atoms with Gasteiger partial charge in [-0.05, 0) is 25.7 Å². The Kier molecular flexibility index (Phi) is 11.5. The predicted octanol–water partition coefficient (Wildman–Crippen LogP) is 6.03. The van der Waals surface area contributed by atoms with Gasteiger partial charge in [0.1, 0.15) is 0 Å². The largest absolute Gasteiger partial charge is 0.362 e. The molecule has 1 aromatic rings. The van der Waals surface area contributed by atoms with Crippen molar-refractivity contribution in [1.29, 1.82) is 0 Å². The molecule has 25 heavy (non-hydrogen) atoms. The maximum absolute atomic E-state index is 11.2. The Balaban J connectivity index is 2.87. The van der Waals surface area contributed by atoms with E-state index in [4.69, 9.17) is 4.98 Å². The van der Waals surface area contributed by atoms with E-state index in [0.717, 1.165) is 73.6 Å². The average molecular weight is 370 g/mol. The van der Waals surface area contributed by atoms with Crippen LogP contribution in [0.25, 0.3) is 0 Å². The van der Waals surface area contributed by atoms with Crippen molar-refractivity contribution in [3.05, 3.63) is 20.7 Å². The van der Waals surface area contributed by atoms with E-state index in [1.54, 1.807) is 11.3 Å². The molecule has 0 aliphatic heterocycles. The first-order valence-electron chi connectivity index (χ1n) is 9.97. The van der Waals surface area contributed by atoms with Crippen molar-refractivity contribution in [3.63, 3.8) is 0 Å². The van der Waals surface area contributed by atoms with Crippen molar-refractivity contribution in [1.82, 2.24) is 4.98 Å². The van der Waals surface area contributed by atoms with Crippen LogP contribution in [0.15, 0.2) is 0 Å². The maximum Gasteiger partial charge on any atom is 0.211 e. The van der Waals surface area contributed by atoms with Gasteiger partial charge in [0.2, 0.25) is 6.54 Å². The Labute approximate surface area is 156 Å². The van der Waals surface area contributed by atoms with Crippen molar-refractivity contribution in [2.24, 2.45) is 0 Å². The van der Waals surface area contributed by atoms with Crippen molar-refractivity contribution < 1.29 is 4.92 Å². The number of hydrogen-bond acceptors (Lipinski definition) is 5. The lowest BCUT2D eigenvalue weighted by Gasteiger charge is -2.12. The van der Waals surface area contributed by atoms with Crippen LogP contribution in [0.1, 0.15) is 95.0 Å². The molecule has 0 bridgehead atoms. The fraction of sp³-hybridized carbons (Fsp3) is 0.842. The second-order valence-corrected chi connectivity index (χ2v) is 7.81. The molecule has 1 aromatic heterocycles. The molecule has 6 heteroatoms. The van der Waals surface area contributed by atoms with Crippen molar-refractivity contribution in [2.75, 3.05) is 18.4 Å². The number of unbranched alkanes of at least 4 members (excludes halogenated alkanes) is 5. The summed E-state index contributed by atoms with van der Waals surface area (Å²) in [5, 5.41) is 15.5. The van der Waals surface area contributed by atoms with E-state index in [9.17, 15) is 10.1 Å². The minimum atomic E-state index is -0.158. The lowest BCUT2D eigenvalue weighted by Crippen LogP contribution is -2.13. The molecule has 1 rings (SSSR count). The molecule has 144 valence electrons. The highest BCUT2D eigenvalue weighted by molar-refractivity contribution is 7.15. The average Bonchev–Trinajstić information content (AvgIpc) is 2.99. The third-order valence-corrected chi connectivity index (χ3v) is 5.67. The van der Waals surface area contributed by atoms with Gasteiger partial charge in [-0.2, -0.15) is 0 Å². The molecule has 1 N–H and O–H groups in total. The maximum atomic E-state index is 11.2. The van der Waals surface area contributed by atoms with Crippen LogP contribution in [0.3, 0.4) is 0 Å². The summed E-state index contributed by atoms with van der Waals surface area (Å²) in [7, 11) is 0. The molecule has 0 fully saturated rings. The van der Waals surface area contributed by atoms with Crippen LogP contribution >= 0.6 is 11.3 Å². The zero-order valence-electron chi connectivity index (χ0n) is 16.2. The first-order chi connectivity index (χ1) is 12.1. The van der Waals surface area contributed by atoms with Gasteiger partial charge in [-0.25, -0.2) is 4.98 Å². The second-order valence-electron chi connectivity index (χ2n) is 6.78. The second kappa shape index (κ2) is 13.1. The molecule has 1 unspecified atom stereocenters. The van der Waals surface area contributed by atoms with E-state index in [2.05, 4.69) is 26.1 Å². The molecule has 0 saturated carbocycles. The van der Waals surface area contributed by atoms with E-state index >= 15 is 0 Å². The summed E-state index contributed by atoms with van der Waals surface area (Å²) in [4.78, 5) is 16.9. The molecular weight excluding hydrogens is 334 g/mol. The molecule has 0 spiro atoms. The summed E-state index contributed by atoms with van der Waals surface area (Å²) in [5.41, 5.74) is 1.09. The molecule has 5 nitrogen and oxygen atoms in total. The van der Waals surface area contributed by atoms with Gasteiger partial charge in [0.15, 0.2) is 5.13 Å². The molecule has 0 aliphatic carbocycles. The van der Waals surface area contributed by atoms with Crippen LogP contribution in [0.2, 0.25) is 0 Å². The zero-order valence-corrected chi connectivity index (χ0v) is 17.0. The fourth-order valence-electron chi connectivity index (χ4n) is 2.98. The molecule has 0 radical (unpaired) electrons. The van der Waals surface area contributed by atoms with Crippen LogP contribution < -0.4 is 5.32 Å². The Bertz CT molecular complexity index is 491. The third-order valence-electron chi connectivity index (χ3n) is 4.45. The number of nitro groups is 1. The third kappa shape index (κ3) is 8.66. The Morgan fingerprint density at radius 2 is 1.76 bits per heavy atom. The van der Waals surface area contributed by atoms with E-state index in [1.807, 2.05) is 0 Å². The number of aromatic nitrogens is 1. The van der Waals surface area contributed by atoms with Gasteiger partial charge in [0.25, 0.3) is 0 Å². The monoisotopic (exact) mass is 369 g/mol. The van der Waals surface area contributed by atoms with Crippen LogP contribution in [-0.4, -0.2) is 23.0 Å². The van der Waals surface area contributed by atoms with Crippen LogP contribution in [-0.2, 0) is 6.42 Å². The van der Waals surface area contributed by atoms with Crippen LogP contribution in [0, 0.1) is 10.1 Å². The number of anilines is 1. The van der Waals surface area contributed by atoms with Crippen LogP contribution in [0.5, 0.6) is 0 Å². The highest BCUT2D eigenvalue weighted by Crippen LogP contribution is 2.34. The predicted molar refractivity (Wildman–Crippen MR) is 107 cm³/mol. The number of rotatable bonds is 15. The van der Waals surface area contributed by atoms with Gasteiger partial charge in [-0.1, -0.05) is 59.3 Å². The quantitative estimate of drug-likeness (QED) is 0.233. The van der Waals surface area contributed by atoms with E-state index in [-0.39, 0.29) is 17.4 Å². The molecule has 1 heterocycles.